The van der Waals surface area contributed by atoms with Crippen LogP contribution in [0.5, 0.6) is 11.5 Å². The van der Waals surface area contributed by atoms with Crippen molar-refractivity contribution < 1.29 is 19.7 Å². The minimum atomic E-state index is -0.686. The van der Waals surface area contributed by atoms with Gasteiger partial charge in [0.25, 0.3) is 0 Å². The van der Waals surface area contributed by atoms with Crippen molar-refractivity contribution in [3.05, 3.63) is 27.9 Å². The second-order valence-electron chi connectivity index (χ2n) is 6.89. The minimum Gasteiger partial charge on any atom is -0.507 e. The van der Waals surface area contributed by atoms with Crippen molar-refractivity contribution in [2.45, 2.75) is 43.3 Å². The summed E-state index contributed by atoms with van der Waals surface area (Å²) in [4.78, 5) is 14.6. The summed E-state index contributed by atoms with van der Waals surface area (Å²) in [5.41, 5.74) is 0.252. The Balaban J connectivity index is 2.13. The van der Waals surface area contributed by atoms with Crippen molar-refractivity contribution in [2.75, 3.05) is 25.9 Å². The van der Waals surface area contributed by atoms with E-state index in [0.717, 1.165) is 25.1 Å². The fraction of sp³-hybridized carbons (Fsp3) is 0.526. The van der Waals surface area contributed by atoms with Crippen molar-refractivity contribution in [3.63, 3.8) is 0 Å². The Morgan fingerprint density at radius 2 is 2.08 bits per heavy atom. The van der Waals surface area contributed by atoms with E-state index in [9.17, 15) is 20.1 Å². The van der Waals surface area contributed by atoms with Crippen LogP contribution in [0.3, 0.4) is 0 Å². The van der Waals surface area contributed by atoms with Gasteiger partial charge in [0.1, 0.15) is 22.5 Å². The number of likely N-dealkylation sites (N-methyl/N-ethyl adjacent to an activating group) is 1. The van der Waals surface area contributed by atoms with Gasteiger partial charge in [0, 0.05) is 35.9 Å². The van der Waals surface area contributed by atoms with Gasteiger partial charge < -0.3 is 24.6 Å². The number of phenols is 2. The Kier molecular flexibility index (Phi) is 5.79. The van der Waals surface area contributed by atoms with Gasteiger partial charge in [-0.2, -0.15) is 0 Å². The van der Waals surface area contributed by atoms with Crippen LogP contribution in [0.1, 0.15) is 37.7 Å². The molecule has 7 heteroatoms. The van der Waals surface area contributed by atoms with Gasteiger partial charge in [-0.25, -0.2) is 0 Å². The summed E-state index contributed by atoms with van der Waals surface area (Å²) in [5, 5.41) is 31.7. The number of β-amino-alcohol motifs (C(OH)–C–C–N with tert-alkyl or cyclic N) is 1. The molecule has 1 aliphatic heterocycles. The third-order valence-corrected chi connectivity index (χ3v) is 5.85. The van der Waals surface area contributed by atoms with E-state index in [1.165, 1.54) is 23.9 Å². The van der Waals surface area contributed by atoms with Crippen LogP contribution < -0.4 is 5.43 Å². The zero-order valence-electron chi connectivity index (χ0n) is 15.1. The number of aliphatic hydroxyl groups is 1. The van der Waals surface area contributed by atoms with E-state index in [1.54, 1.807) is 0 Å². The number of aliphatic hydroxyl groups excluding tert-OH is 1. The number of likely N-dealkylation sites (tertiary alicyclic amines) is 1. The molecule has 1 fully saturated rings. The Morgan fingerprint density at radius 3 is 2.77 bits per heavy atom. The van der Waals surface area contributed by atoms with E-state index in [-0.39, 0.29) is 33.8 Å². The molecule has 0 unspecified atom stereocenters. The smallest absolute Gasteiger partial charge is 0.197 e. The maximum Gasteiger partial charge on any atom is 0.197 e. The van der Waals surface area contributed by atoms with Crippen LogP contribution in [-0.4, -0.2) is 52.2 Å². The van der Waals surface area contributed by atoms with Crippen molar-refractivity contribution in [3.8, 4) is 11.5 Å². The summed E-state index contributed by atoms with van der Waals surface area (Å²) < 4.78 is 5.93. The van der Waals surface area contributed by atoms with Gasteiger partial charge in [0.2, 0.25) is 0 Å². The lowest BCUT2D eigenvalue weighted by Gasteiger charge is -2.34. The molecule has 1 aliphatic rings. The SMILES string of the molecule is CCCCSc1cc(=O)c2c(O)cc(O)c([C@@H]3CCN(C)C[C@@H]3O)c2o1. The second-order valence-corrected chi connectivity index (χ2v) is 7.99. The van der Waals surface area contributed by atoms with Crippen LogP contribution in [0.4, 0.5) is 0 Å². The third kappa shape index (κ3) is 3.70. The van der Waals surface area contributed by atoms with Gasteiger partial charge in [-0.05, 0) is 26.4 Å². The Morgan fingerprint density at radius 1 is 1.31 bits per heavy atom. The Hall–Kier alpha value is -1.70. The number of fused-ring (bicyclic) bond motifs is 1. The lowest BCUT2D eigenvalue weighted by Crippen LogP contribution is -2.40. The summed E-state index contributed by atoms with van der Waals surface area (Å²) in [6, 6.07) is 2.55. The number of benzene rings is 1. The average Bonchev–Trinajstić information content (AvgIpc) is 2.56. The zero-order valence-corrected chi connectivity index (χ0v) is 15.9. The topological polar surface area (TPSA) is 94.1 Å². The molecule has 2 atom stereocenters. The summed E-state index contributed by atoms with van der Waals surface area (Å²) in [5.74, 6) is 0.0143. The quantitative estimate of drug-likeness (QED) is 0.543. The molecule has 26 heavy (non-hydrogen) atoms. The molecular weight excluding hydrogens is 354 g/mol. The highest BCUT2D eigenvalue weighted by molar-refractivity contribution is 7.99. The second kappa shape index (κ2) is 7.90. The number of hydrogen-bond donors (Lipinski definition) is 3. The van der Waals surface area contributed by atoms with E-state index in [1.807, 2.05) is 11.9 Å². The first-order valence-electron chi connectivity index (χ1n) is 8.94. The predicted octanol–water partition coefficient (Wildman–Crippen LogP) is 2.88. The van der Waals surface area contributed by atoms with Gasteiger partial charge >= 0.3 is 0 Å². The number of phenolic OH excluding ortho intramolecular Hbond substituents is 2. The van der Waals surface area contributed by atoms with Crippen LogP contribution in [0.15, 0.2) is 26.4 Å². The zero-order chi connectivity index (χ0) is 18.8. The number of nitrogens with zero attached hydrogens (tertiary/aromatic N) is 1. The number of rotatable bonds is 5. The predicted molar refractivity (Wildman–Crippen MR) is 102 cm³/mol. The monoisotopic (exact) mass is 379 g/mol. The normalized spacial score (nSPS) is 21.3. The van der Waals surface area contributed by atoms with Gasteiger partial charge in [-0.3, -0.25) is 4.79 Å². The molecular formula is C19H25NO5S. The van der Waals surface area contributed by atoms with Gasteiger partial charge in [-0.15, -0.1) is 0 Å². The molecule has 6 nitrogen and oxygen atoms in total. The number of thioether (sulfide) groups is 1. The van der Waals surface area contributed by atoms with Gasteiger partial charge in [0.15, 0.2) is 10.5 Å². The fourth-order valence-corrected chi connectivity index (χ4v) is 4.44. The molecule has 0 saturated carbocycles. The molecule has 3 rings (SSSR count). The van der Waals surface area contributed by atoms with Crippen LogP contribution in [0.25, 0.3) is 11.0 Å². The van der Waals surface area contributed by atoms with Crippen LogP contribution >= 0.6 is 11.8 Å². The van der Waals surface area contributed by atoms with E-state index in [0.29, 0.717) is 23.6 Å². The van der Waals surface area contributed by atoms with Crippen molar-refractivity contribution >= 4 is 22.7 Å². The molecule has 142 valence electrons. The largest absolute Gasteiger partial charge is 0.507 e. The summed E-state index contributed by atoms with van der Waals surface area (Å²) >= 11 is 1.44. The molecule has 3 N–H and O–H groups in total. The van der Waals surface area contributed by atoms with Crippen LogP contribution in [0.2, 0.25) is 0 Å². The number of unbranched alkanes of at least 4 members (excludes halogenated alkanes) is 1. The summed E-state index contributed by atoms with van der Waals surface area (Å²) in [7, 11) is 1.93. The molecule has 0 radical (unpaired) electrons. The van der Waals surface area contributed by atoms with Gasteiger partial charge in [-0.1, -0.05) is 25.1 Å². The first-order chi connectivity index (χ1) is 12.4. The minimum absolute atomic E-state index is 0.0590. The fourth-order valence-electron chi connectivity index (χ4n) is 3.47. The van der Waals surface area contributed by atoms with E-state index < -0.39 is 6.10 Å². The van der Waals surface area contributed by atoms with Crippen LogP contribution in [-0.2, 0) is 0 Å². The number of aromatic hydroxyl groups is 2. The van der Waals surface area contributed by atoms with Crippen molar-refractivity contribution in [1.82, 2.24) is 4.90 Å². The van der Waals surface area contributed by atoms with Crippen molar-refractivity contribution in [1.29, 1.82) is 0 Å². The molecule has 1 saturated heterocycles. The molecule has 0 amide bonds. The highest BCUT2D eigenvalue weighted by Crippen LogP contribution is 2.42. The highest BCUT2D eigenvalue weighted by Gasteiger charge is 2.32. The average molecular weight is 379 g/mol. The Bertz CT molecular complexity index is 850. The lowest BCUT2D eigenvalue weighted by atomic mass is 9.85. The standard InChI is InChI=1S/C19H25NO5S/c1-3-4-7-26-16-9-14(23)18-13(22)8-12(21)17(19(18)25-16)11-5-6-20(2)10-15(11)24/h8-9,11,15,21-22,24H,3-7,10H2,1-2H3/t11-,15+/m1/s1. The molecule has 2 heterocycles. The highest BCUT2D eigenvalue weighted by atomic mass is 32.2. The van der Waals surface area contributed by atoms with E-state index in [4.69, 9.17) is 4.42 Å². The third-order valence-electron chi connectivity index (χ3n) is 4.87. The van der Waals surface area contributed by atoms with E-state index in [2.05, 4.69) is 6.92 Å². The van der Waals surface area contributed by atoms with Gasteiger partial charge in [0.05, 0.1) is 6.10 Å². The first-order valence-corrected chi connectivity index (χ1v) is 9.93. The lowest BCUT2D eigenvalue weighted by molar-refractivity contribution is 0.0630. The number of piperidine rings is 1. The molecule has 1 aromatic carbocycles. The van der Waals surface area contributed by atoms with Crippen molar-refractivity contribution in [2.24, 2.45) is 0 Å². The first kappa shape index (κ1) is 19.1. The maximum absolute atomic E-state index is 12.5. The molecule has 0 spiro atoms. The van der Waals surface area contributed by atoms with E-state index >= 15 is 0 Å². The molecule has 0 aliphatic carbocycles. The Labute approximate surface area is 156 Å². The summed E-state index contributed by atoms with van der Waals surface area (Å²) in [6.45, 7) is 3.33. The summed E-state index contributed by atoms with van der Waals surface area (Å²) in [6.07, 6.45) is 1.98. The number of hydrogen-bond acceptors (Lipinski definition) is 7. The molecule has 1 aromatic heterocycles. The maximum atomic E-state index is 12.5. The van der Waals surface area contributed by atoms with Crippen LogP contribution in [0, 0.1) is 0 Å². The molecule has 0 bridgehead atoms. The molecule has 2 aromatic rings.